The van der Waals surface area contributed by atoms with Gasteiger partial charge in [-0.05, 0) is 82.3 Å². The summed E-state index contributed by atoms with van der Waals surface area (Å²) in [4.78, 5) is 30.2. The molecule has 0 aliphatic carbocycles. The lowest BCUT2D eigenvalue weighted by Crippen LogP contribution is -2.54. The van der Waals surface area contributed by atoms with Gasteiger partial charge in [0.25, 0.3) is 0 Å². The Morgan fingerprint density at radius 1 is 1.00 bits per heavy atom. The normalized spacial score (nSPS) is 26.1. The highest BCUT2D eigenvalue weighted by Gasteiger charge is 2.53. The standard InChI is InChI=1S/C31H38Cl2N2O5/c1-18-14-24(32)28(25(33)15-18)39-22-12-13-34(17-22)20-8-6-19(7-9-20)23-16-21-10-11-26(27(23)29(36)38-5)35(21)30(37)40-31(2,3)4/h6-9,14-15,21-23,26-27H,10-13,16-17H2,1-5H3/t21-,22+,23+,26+,27+/m0/s1. The molecule has 2 bridgehead atoms. The first-order chi connectivity index (χ1) is 18.9. The van der Waals surface area contributed by atoms with Crippen LogP contribution < -0.4 is 9.64 Å². The van der Waals surface area contributed by atoms with E-state index < -0.39 is 11.5 Å². The number of halogens is 2. The fraction of sp³-hybridized carbons (Fsp3) is 0.548. The number of benzene rings is 2. The Hall–Kier alpha value is -2.64. The number of fused-ring (bicyclic) bond motifs is 2. The molecule has 0 unspecified atom stereocenters. The van der Waals surface area contributed by atoms with Crippen LogP contribution >= 0.6 is 23.2 Å². The van der Waals surface area contributed by atoms with E-state index in [1.54, 1.807) is 4.90 Å². The first kappa shape index (κ1) is 28.9. The summed E-state index contributed by atoms with van der Waals surface area (Å²) in [5.41, 5.74) is 2.58. The molecule has 2 aromatic rings. The van der Waals surface area contributed by atoms with Crippen LogP contribution in [-0.4, -0.2) is 61.0 Å². The third-order valence-corrected chi connectivity index (χ3v) is 8.82. The van der Waals surface area contributed by atoms with E-state index in [0.29, 0.717) is 22.2 Å². The molecule has 7 nitrogen and oxygen atoms in total. The Balaban J connectivity index is 1.29. The molecule has 0 N–H and O–H groups in total. The van der Waals surface area contributed by atoms with Crippen LogP contribution in [0.3, 0.4) is 0 Å². The van der Waals surface area contributed by atoms with Crippen LogP contribution in [0.1, 0.15) is 63.5 Å². The number of anilines is 1. The summed E-state index contributed by atoms with van der Waals surface area (Å²) < 4.78 is 17.2. The average Bonchev–Trinajstić information content (AvgIpc) is 3.48. The van der Waals surface area contributed by atoms with Gasteiger partial charge in [0.2, 0.25) is 0 Å². The van der Waals surface area contributed by atoms with Crippen LogP contribution in [-0.2, 0) is 14.3 Å². The summed E-state index contributed by atoms with van der Waals surface area (Å²) in [5.74, 6) is -0.202. The minimum atomic E-state index is -0.595. The summed E-state index contributed by atoms with van der Waals surface area (Å²) in [5, 5.41) is 1.05. The second kappa shape index (κ2) is 11.3. The number of ether oxygens (including phenoxy) is 3. The van der Waals surface area contributed by atoms with Crippen LogP contribution in [0.5, 0.6) is 5.75 Å². The van der Waals surface area contributed by atoms with Crippen molar-refractivity contribution in [1.29, 1.82) is 0 Å². The number of carbonyl (C=O) groups excluding carboxylic acids is 2. The van der Waals surface area contributed by atoms with Crippen molar-refractivity contribution < 1.29 is 23.8 Å². The molecule has 2 aromatic carbocycles. The third-order valence-electron chi connectivity index (χ3n) is 8.26. The quantitative estimate of drug-likeness (QED) is 0.350. The first-order valence-electron chi connectivity index (χ1n) is 14.0. The lowest BCUT2D eigenvalue weighted by Gasteiger charge is -2.43. The Kier molecular flexibility index (Phi) is 8.17. The fourth-order valence-electron chi connectivity index (χ4n) is 6.56. The minimum absolute atomic E-state index is 0.0195. The van der Waals surface area contributed by atoms with E-state index in [1.807, 2.05) is 39.8 Å². The van der Waals surface area contributed by atoms with Crippen LogP contribution in [0.2, 0.25) is 10.0 Å². The molecule has 9 heteroatoms. The molecule has 1 amide bonds. The third kappa shape index (κ3) is 5.87. The van der Waals surface area contributed by atoms with E-state index in [1.165, 1.54) is 7.11 Å². The highest BCUT2D eigenvalue weighted by atomic mass is 35.5. The first-order valence-corrected chi connectivity index (χ1v) is 14.8. The zero-order valence-electron chi connectivity index (χ0n) is 23.8. The monoisotopic (exact) mass is 588 g/mol. The number of rotatable bonds is 5. The van der Waals surface area contributed by atoms with Crippen LogP contribution in [0.15, 0.2) is 36.4 Å². The molecule has 5 rings (SSSR count). The lowest BCUT2D eigenvalue weighted by atomic mass is 9.76. The van der Waals surface area contributed by atoms with Crippen molar-refractivity contribution in [3.8, 4) is 5.75 Å². The molecule has 216 valence electrons. The van der Waals surface area contributed by atoms with Gasteiger partial charge in [0, 0.05) is 36.7 Å². The predicted octanol–water partition coefficient (Wildman–Crippen LogP) is 7.00. The van der Waals surface area contributed by atoms with Gasteiger partial charge in [-0.3, -0.25) is 4.79 Å². The van der Waals surface area contributed by atoms with Crippen LogP contribution in [0.25, 0.3) is 0 Å². The van der Waals surface area contributed by atoms with Crippen molar-refractivity contribution in [2.75, 3.05) is 25.1 Å². The van der Waals surface area contributed by atoms with Gasteiger partial charge < -0.3 is 24.0 Å². The summed E-state index contributed by atoms with van der Waals surface area (Å²) in [6.07, 6.45) is 2.82. The number of hydrogen-bond donors (Lipinski definition) is 0. The average molecular weight is 590 g/mol. The predicted molar refractivity (Wildman–Crippen MR) is 157 cm³/mol. The van der Waals surface area contributed by atoms with Crippen molar-refractivity contribution in [2.24, 2.45) is 5.92 Å². The fourth-order valence-corrected chi connectivity index (χ4v) is 7.25. The molecule has 3 aliphatic heterocycles. The number of carbonyl (C=O) groups is 2. The highest BCUT2D eigenvalue weighted by molar-refractivity contribution is 6.37. The van der Waals surface area contributed by atoms with Gasteiger partial charge in [-0.2, -0.15) is 0 Å². The molecule has 3 heterocycles. The van der Waals surface area contributed by atoms with E-state index in [4.69, 9.17) is 37.4 Å². The number of nitrogens with zero attached hydrogens (tertiary/aromatic N) is 2. The van der Waals surface area contributed by atoms with E-state index in [9.17, 15) is 9.59 Å². The molecule has 3 saturated heterocycles. The molecular weight excluding hydrogens is 551 g/mol. The van der Waals surface area contributed by atoms with E-state index in [2.05, 4.69) is 29.2 Å². The van der Waals surface area contributed by atoms with E-state index >= 15 is 0 Å². The van der Waals surface area contributed by atoms with Gasteiger partial charge >= 0.3 is 12.1 Å². The van der Waals surface area contributed by atoms with E-state index in [0.717, 1.165) is 49.2 Å². The number of amides is 1. The van der Waals surface area contributed by atoms with Crippen molar-refractivity contribution in [2.45, 2.75) is 83.1 Å². The molecule has 0 saturated carbocycles. The van der Waals surface area contributed by atoms with Crippen molar-refractivity contribution >= 4 is 41.0 Å². The lowest BCUT2D eigenvalue weighted by molar-refractivity contribution is -0.150. The van der Waals surface area contributed by atoms with Gasteiger partial charge in [-0.25, -0.2) is 4.79 Å². The maximum absolute atomic E-state index is 13.1. The maximum atomic E-state index is 13.1. The van der Waals surface area contributed by atoms with Crippen LogP contribution in [0.4, 0.5) is 10.5 Å². The Bertz CT molecular complexity index is 1240. The summed E-state index contributed by atoms with van der Waals surface area (Å²) >= 11 is 12.8. The number of piperidine rings is 1. The van der Waals surface area contributed by atoms with E-state index in [-0.39, 0.29) is 36.2 Å². The molecule has 3 fully saturated rings. The summed E-state index contributed by atoms with van der Waals surface area (Å²) in [6, 6.07) is 12.0. The summed E-state index contributed by atoms with van der Waals surface area (Å²) in [6.45, 7) is 9.11. The molecular formula is C31H38Cl2N2O5. The van der Waals surface area contributed by atoms with Gasteiger partial charge in [0.15, 0.2) is 5.75 Å². The molecule has 5 atom stereocenters. The maximum Gasteiger partial charge on any atom is 0.410 e. The molecule has 0 radical (unpaired) electrons. The molecule has 0 aromatic heterocycles. The van der Waals surface area contributed by atoms with Crippen LogP contribution in [0, 0.1) is 12.8 Å². The SMILES string of the molecule is COC(=O)[C@@H]1[C@@H](c2ccc(N3CC[C@@H](Oc4c(Cl)cc(C)cc4Cl)C3)cc2)C[C@@H]2CC[C@H]1N2C(=O)OC(C)(C)C. The Morgan fingerprint density at radius 2 is 1.68 bits per heavy atom. The molecule has 40 heavy (non-hydrogen) atoms. The zero-order chi connectivity index (χ0) is 28.8. The van der Waals surface area contributed by atoms with Crippen molar-refractivity contribution in [3.63, 3.8) is 0 Å². The smallest absolute Gasteiger partial charge is 0.410 e. The van der Waals surface area contributed by atoms with Gasteiger partial charge in [0.05, 0.1) is 29.6 Å². The van der Waals surface area contributed by atoms with Gasteiger partial charge in [0.1, 0.15) is 11.7 Å². The second-order valence-corrected chi connectivity index (χ2v) is 13.0. The van der Waals surface area contributed by atoms with Crippen molar-refractivity contribution in [1.82, 2.24) is 4.90 Å². The largest absolute Gasteiger partial charge is 0.485 e. The zero-order valence-corrected chi connectivity index (χ0v) is 25.3. The number of esters is 1. The van der Waals surface area contributed by atoms with Gasteiger partial charge in [-0.15, -0.1) is 0 Å². The highest BCUT2D eigenvalue weighted by Crippen LogP contribution is 2.48. The Labute approximate surface area is 246 Å². The molecule has 3 aliphatic rings. The second-order valence-electron chi connectivity index (χ2n) is 12.2. The minimum Gasteiger partial charge on any atom is -0.485 e. The Morgan fingerprint density at radius 3 is 2.30 bits per heavy atom. The van der Waals surface area contributed by atoms with Crippen molar-refractivity contribution in [3.05, 3.63) is 57.6 Å². The number of hydrogen-bond acceptors (Lipinski definition) is 6. The topological polar surface area (TPSA) is 68.3 Å². The summed E-state index contributed by atoms with van der Waals surface area (Å²) in [7, 11) is 1.42. The number of aryl methyl sites for hydroxylation is 1. The molecule has 0 spiro atoms. The van der Waals surface area contributed by atoms with Gasteiger partial charge in [-0.1, -0.05) is 35.3 Å². The number of methoxy groups -OCH3 is 1.